The quantitative estimate of drug-likeness (QED) is 0.152. The highest BCUT2D eigenvalue weighted by Crippen LogP contribution is 2.29. The first kappa shape index (κ1) is 34.6. The van der Waals surface area contributed by atoms with Crippen LogP contribution in [-0.2, 0) is 17.7 Å². The van der Waals surface area contributed by atoms with Gasteiger partial charge in [0.15, 0.2) is 15.4 Å². The molecular weight excluding hydrogens is 627 g/mol. The number of benzene rings is 2. The number of aliphatic hydroxyl groups excluding tert-OH is 1. The van der Waals surface area contributed by atoms with Crippen LogP contribution in [0.2, 0.25) is 0 Å². The number of aliphatic hydroxyl groups is 1. The minimum absolute atomic E-state index is 0.117. The number of methoxy groups -OCH3 is 1. The Bertz CT molecular complexity index is 1740. The molecule has 4 aromatic rings. The number of rotatable bonds is 14. The van der Waals surface area contributed by atoms with Gasteiger partial charge in [-0.05, 0) is 73.7 Å². The van der Waals surface area contributed by atoms with Crippen molar-refractivity contribution in [3.8, 4) is 5.69 Å². The summed E-state index contributed by atoms with van der Waals surface area (Å²) in [5, 5.41) is 15.8. The predicted molar refractivity (Wildman–Crippen MR) is 187 cm³/mol. The molecule has 0 spiro atoms. The second-order valence-electron chi connectivity index (χ2n) is 12.2. The molecule has 2 N–H and O–H groups in total. The fourth-order valence-electron chi connectivity index (χ4n) is 6.02. The number of furan rings is 1. The number of aromatic nitrogens is 2. The maximum atomic E-state index is 14.5. The Balaban J connectivity index is 1.50. The third-order valence-electron chi connectivity index (χ3n) is 8.75. The van der Waals surface area contributed by atoms with Crippen molar-refractivity contribution in [3.05, 3.63) is 94.5 Å². The number of hydrogen-bond donors (Lipinski definition) is 2. The van der Waals surface area contributed by atoms with Gasteiger partial charge >= 0.3 is 5.97 Å². The predicted octanol–water partition coefficient (Wildman–Crippen LogP) is 3.98. The SMILES string of the molecule is CCCCN(CCCC)C(=O)c1cc(C)n(-c2ccc(N[SiH2]c3ccc(C(=O)OC)o3)cc2C(=O)N2Cc3ccccc3CC2CO)n1. The monoisotopic (exact) mass is 671 g/mol. The highest BCUT2D eigenvalue weighted by Gasteiger charge is 2.32. The second kappa shape index (κ2) is 15.9. The minimum Gasteiger partial charge on any atom is -0.463 e. The highest BCUT2D eigenvalue weighted by atomic mass is 28.2. The molecule has 0 bridgehead atoms. The summed E-state index contributed by atoms with van der Waals surface area (Å²) in [6.45, 7) is 7.63. The Morgan fingerprint density at radius 1 is 1.04 bits per heavy atom. The lowest BCUT2D eigenvalue weighted by Gasteiger charge is -2.36. The topological polar surface area (TPSA) is 130 Å². The number of amides is 2. The first-order chi connectivity index (χ1) is 23.3. The molecule has 48 heavy (non-hydrogen) atoms. The lowest BCUT2D eigenvalue weighted by molar-refractivity contribution is 0.0542. The summed E-state index contributed by atoms with van der Waals surface area (Å²) in [5.74, 6) is -0.768. The number of anilines is 1. The fraction of sp³-hybridized carbons (Fsp3) is 0.389. The Labute approximate surface area is 283 Å². The zero-order valence-electron chi connectivity index (χ0n) is 28.2. The van der Waals surface area contributed by atoms with Crippen molar-refractivity contribution in [2.24, 2.45) is 0 Å². The van der Waals surface area contributed by atoms with Crippen LogP contribution in [0.4, 0.5) is 5.69 Å². The van der Waals surface area contributed by atoms with Gasteiger partial charge < -0.3 is 29.0 Å². The van der Waals surface area contributed by atoms with E-state index in [2.05, 4.69) is 18.8 Å². The van der Waals surface area contributed by atoms with Gasteiger partial charge in [-0.3, -0.25) is 9.59 Å². The molecule has 1 aliphatic heterocycles. The molecule has 2 aromatic carbocycles. The van der Waals surface area contributed by atoms with Crippen LogP contribution in [0.25, 0.3) is 5.69 Å². The van der Waals surface area contributed by atoms with E-state index in [9.17, 15) is 19.5 Å². The number of nitrogens with one attached hydrogen (secondary N) is 1. The molecule has 0 radical (unpaired) electrons. The summed E-state index contributed by atoms with van der Waals surface area (Å²) >= 11 is 0. The lowest BCUT2D eigenvalue weighted by Crippen LogP contribution is -2.46. The largest absolute Gasteiger partial charge is 0.463 e. The van der Waals surface area contributed by atoms with E-state index in [0.717, 1.165) is 42.5 Å². The molecule has 254 valence electrons. The molecule has 0 fully saturated rings. The normalized spacial score (nSPS) is 14.3. The number of hydrogen-bond acceptors (Lipinski definition) is 8. The molecule has 11 nitrogen and oxygen atoms in total. The van der Waals surface area contributed by atoms with Gasteiger partial charge in [-0.15, -0.1) is 0 Å². The summed E-state index contributed by atoms with van der Waals surface area (Å²) in [6, 6.07) is 18.2. The first-order valence-electron chi connectivity index (χ1n) is 16.7. The lowest BCUT2D eigenvalue weighted by atomic mass is 9.93. The Morgan fingerprint density at radius 3 is 2.46 bits per heavy atom. The van der Waals surface area contributed by atoms with Crippen molar-refractivity contribution < 1.29 is 28.6 Å². The smallest absolute Gasteiger partial charge is 0.373 e. The minimum atomic E-state index is -1.22. The Kier molecular flexibility index (Phi) is 11.5. The molecule has 12 heteroatoms. The van der Waals surface area contributed by atoms with Crippen LogP contribution in [-0.4, -0.2) is 85.0 Å². The molecule has 0 saturated heterocycles. The van der Waals surface area contributed by atoms with Crippen LogP contribution in [0.3, 0.4) is 0 Å². The van der Waals surface area contributed by atoms with Crippen LogP contribution in [0.5, 0.6) is 0 Å². The molecule has 2 amide bonds. The second-order valence-corrected chi connectivity index (χ2v) is 13.6. The molecule has 5 rings (SSSR count). The van der Waals surface area contributed by atoms with E-state index in [4.69, 9.17) is 14.3 Å². The van der Waals surface area contributed by atoms with Crippen molar-refractivity contribution >= 4 is 38.5 Å². The fourth-order valence-corrected chi connectivity index (χ4v) is 7.08. The molecule has 1 aliphatic rings. The number of aryl methyl sites for hydroxylation is 1. The number of esters is 1. The van der Waals surface area contributed by atoms with Crippen LogP contribution in [0.1, 0.15) is 87.8 Å². The molecule has 2 aromatic heterocycles. The van der Waals surface area contributed by atoms with Gasteiger partial charge in [0, 0.05) is 31.0 Å². The molecule has 3 heterocycles. The van der Waals surface area contributed by atoms with Crippen molar-refractivity contribution in [3.63, 3.8) is 0 Å². The number of fused-ring (bicyclic) bond motifs is 1. The van der Waals surface area contributed by atoms with E-state index in [1.54, 1.807) is 33.8 Å². The Hall–Kier alpha value is -4.68. The summed E-state index contributed by atoms with van der Waals surface area (Å²) in [6.07, 6.45) is 4.35. The zero-order chi connectivity index (χ0) is 34.2. The molecule has 1 atom stereocenters. The van der Waals surface area contributed by atoms with E-state index in [1.807, 2.05) is 48.2 Å². The van der Waals surface area contributed by atoms with Gasteiger partial charge in [0.1, 0.15) is 5.38 Å². The first-order valence-corrected chi connectivity index (χ1v) is 18.1. The summed E-state index contributed by atoms with van der Waals surface area (Å²) in [5.41, 5.74) is 4.86. The average molecular weight is 672 g/mol. The molecule has 1 unspecified atom stereocenters. The van der Waals surface area contributed by atoms with E-state index in [-0.39, 0.29) is 24.2 Å². The van der Waals surface area contributed by atoms with Gasteiger partial charge in [-0.2, -0.15) is 5.10 Å². The summed E-state index contributed by atoms with van der Waals surface area (Å²) in [4.78, 5) is 47.1. The highest BCUT2D eigenvalue weighted by molar-refractivity contribution is 6.55. The van der Waals surface area contributed by atoms with Crippen LogP contribution >= 0.6 is 0 Å². The number of unbranched alkanes of at least 4 members (excludes halogenated alkanes) is 2. The van der Waals surface area contributed by atoms with E-state index in [1.165, 1.54) is 7.11 Å². The van der Waals surface area contributed by atoms with Crippen molar-refractivity contribution in [2.75, 3.05) is 31.8 Å². The standard InChI is InChI=1S/C36H45N5O6Si/c1-5-7-17-39(18-8-6-2)35(44)30-19-24(3)41(37-30)31-14-13-27(38-48-33-16-15-32(47-33)36(45)46-4)21-29(31)34(43)40-22-26-12-10-9-11-25(26)20-28(40)23-42/h9-16,19,21,28,38,42H,5-8,17-18,20,22-23,48H2,1-4H3. The van der Waals surface area contributed by atoms with E-state index < -0.39 is 21.7 Å². The van der Waals surface area contributed by atoms with Crippen molar-refractivity contribution in [2.45, 2.75) is 65.5 Å². The van der Waals surface area contributed by atoms with Crippen molar-refractivity contribution in [1.29, 1.82) is 0 Å². The van der Waals surface area contributed by atoms with Crippen LogP contribution < -0.4 is 10.4 Å². The maximum Gasteiger partial charge on any atom is 0.373 e. The molecule has 0 saturated carbocycles. The van der Waals surface area contributed by atoms with Gasteiger partial charge in [0.05, 0.1) is 31.0 Å². The summed E-state index contributed by atoms with van der Waals surface area (Å²) < 4.78 is 12.1. The Morgan fingerprint density at radius 2 is 1.77 bits per heavy atom. The van der Waals surface area contributed by atoms with E-state index in [0.29, 0.717) is 54.1 Å². The van der Waals surface area contributed by atoms with Gasteiger partial charge in [0.25, 0.3) is 11.8 Å². The number of carbonyl (C=O) groups is 3. The number of carbonyl (C=O) groups excluding carboxylic acids is 3. The van der Waals surface area contributed by atoms with Crippen molar-refractivity contribution in [1.82, 2.24) is 19.6 Å². The van der Waals surface area contributed by atoms with Gasteiger partial charge in [0.2, 0.25) is 5.76 Å². The van der Waals surface area contributed by atoms with E-state index >= 15 is 0 Å². The number of ether oxygens (including phenoxy) is 1. The zero-order valence-corrected chi connectivity index (χ0v) is 29.6. The molecular formula is C36H45N5O6Si. The average Bonchev–Trinajstić information content (AvgIpc) is 3.76. The third-order valence-corrected chi connectivity index (χ3v) is 10.1. The summed E-state index contributed by atoms with van der Waals surface area (Å²) in [7, 11) is 0.0820. The van der Waals surface area contributed by atoms with Crippen LogP contribution in [0, 0.1) is 6.92 Å². The van der Waals surface area contributed by atoms with Crippen LogP contribution in [0.15, 0.2) is 65.1 Å². The number of nitrogens with zero attached hydrogens (tertiary/aromatic N) is 4. The van der Waals surface area contributed by atoms with Gasteiger partial charge in [-0.1, -0.05) is 51.0 Å². The van der Waals surface area contributed by atoms with Gasteiger partial charge in [-0.25, -0.2) is 9.48 Å². The maximum absolute atomic E-state index is 14.5. The third kappa shape index (κ3) is 7.71. The molecule has 0 aliphatic carbocycles.